The summed E-state index contributed by atoms with van der Waals surface area (Å²) in [7, 11) is 2.20. The maximum Gasteiger partial charge on any atom is 0.226 e. The standard InChI is InChI=1S/C22H26N2O2/c1-23-14-18-15-24(16-20(18)22(23)17-8-4-2-5-9-17)21(25)12-13-26-19-10-6-3-7-11-19/h2-11,18,20,22H,12-16H2,1H3/t18-,20+,22-/m0/s1. The molecule has 2 heterocycles. The highest BCUT2D eigenvalue weighted by atomic mass is 16.5. The highest BCUT2D eigenvalue weighted by Gasteiger charge is 2.46. The van der Waals surface area contributed by atoms with Crippen LogP contribution in [0.15, 0.2) is 60.7 Å². The molecule has 2 aromatic carbocycles. The lowest BCUT2D eigenvalue weighted by Gasteiger charge is -2.27. The molecule has 136 valence electrons. The predicted molar refractivity (Wildman–Crippen MR) is 102 cm³/mol. The maximum atomic E-state index is 12.6. The molecular formula is C22H26N2O2. The molecule has 0 saturated carbocycles. The summed E-state index contributed by atoms with van der Waals surface area (Å²) in [6, 6.07) is 20.8. The Balaban J connectivity index is 1.34. The quantitative estimate of drug-likeness (QED) is 0.830. The molecule has 1 amide bonds. The van der Waals surface area contributed by atoms with Gasteiger partial charge in [0.15, 0.2) is 0 Å². The number of likely N-dealkylation sites (tertiary alicyclic amines) is 2. The van der Waals surface area contributed by atoms with Gasteiger partial charge in [0.1, 0.15) is 5.75 Å². The van der Waals surface area contributed by atoms with Gasteiger partial charge < -0.3 is 9.64 Å². The SMILES string of the molecule is CN1C[C@H]2CN(C(=O)CCOc3ccccc3)C[C@H]2[C@@H]1c1ccccc1. The molecule has 0 bridgehead atoms. The molecule has 26 heavy (non-hydrogen) atoms. The predicted octanol–water partition coefficient (Wildman–Crippen LogP) is 3.22. The summed E-state index contributed by atoms with van der Waals surface area (Å²) in [6.07, 6.45) is 0.445. The van der Waals surface area contributed by atoms with E-state index in [2.05, 4.69) is 42.3 Å². The molecule has 0 unspecified atom stereocenters. The summed E-state index contributed by atoms with van der Waals surface area (Å²) in [4.78, 5) is 17.1. The average Bonchev–Trinajstić information content (AvgIpc) is 3.20. The van der Waals surface area contributed by atoms with Gasteiger partial charge in [-0.15, -0.1) is 0 Å². The number of hydrogen-bond acceptors (Lipinski definition) is 3. The van der Waals surface area contributed by atoms with E-state index in [1.54, 1.807) is 0 Å². The third-order valence-electron chi connectivity index (χ3n) is 5.72. The third kappa shape index (κ3) is 3.47. The van der Waals surface area contributed by atoms with Crippen molar-refractivity contribution in [3.63, 3.8) is 0 Å². The Bertz CT molecular complexity index is 734. The Morgan fingerprint density at radius 1 is 1.00 bits per heavy atom. The number of nitrogens with zero attached hydrogens (tertiary/aromatic N) is 2. The van der Waals surface area contributed by atoms with Crippen molar-refractivity contribution >= 4 is 5.91 Å². The summed E-state index contributed by atoms with van der Waals surface area (Å²) in [5.41, 5.74) is 1.37. The molecule has 2 aliphatic heterocycles. The topological polar surface area (TPSA) is 32.8 Å². The van der Waals surface area contributed by atoms with Crippen LogP contribution in [0.2, 0.25) is 0 Å². The molecule has 0 radical (unpaired) electrons. The molecule has 0 aliphatic carbocycles. The van der Waals surface area contributed by atoms with E-state index in [4.69, 9.17) is 4.74 Å². The number of hydrogen-bond donors (Lipinski definition) is 0. The summed E-state index contributed by atoms with van der Waals surface area (Å²) >= 11 is 0. The molecule has 0 N–H and O–H groups in total. The minimum atomic E-state index is 0.213. The molecule has 2 fully saturated rings. The van der Waals surface area contributed by atoms with Gasteiger partial charge in [0, 0.05) is 31.6 Å². The number of ether oxygens (including phenoxy) is 1. The zero-order valence-electron chi connectivity index (χ0n) is 15.3. The highest BCUT2D eigenvalue weighted by Crippen LogP contribution is 2.44. The smallest absolute Gasteiger partial charge is 0.226 e. The summed E-state index contributed by atoms with van der Waals surface area (Å²) in [5, 5.41) is 0. The lowest BCUT2D eigenvalue weighted by Crippen LogP contribution is -2.34. The van der Waals surface area contributed by atoms with Crippen molar-refractivity contribution in [2.75, 3.05) is 33.3 Å². The minimum Gasteiger partial charge on any atom is -0.493 e. The Kier molecular flexibility index (Phi) is 4.93. The Hall–Kier alpha value is -2.33. The van der Waals surface area contributed by atoms with Gasteiger partial charge in [0.2, 0.25) is 5.91 Å². The highest BCUT2D eigenvalue weighted by molar-refractivity contribution is 5.76. The fourth-order valence-electron chi connectivity index (χ4n) is 4.54. The first-order valence-electron chi connectivity index (χ1n) is 9.43. The van der Waals surface area contributed by atoms with E-state index in [0.717, 1.165) is 25.4 Å². The van der Waals surface area contributed by atoms with E-state index in [1.807, 2.05) is 35.2 Å². The summed E-state index contributed by atoms with van der Waals surface area (Å²) < 4.78 is 5.68. The molecule has 3 atom stereocenters. The van der Waals surface area contributed by atoms with Gasteiger partial charge in [-0.05, 0) is 30.7 Å². The molecule has 4 heteroatoms. The first-order valence-corrected chi connectivity index (χ1v) is 9.43. The molecule has 2 aromatic rings. The van der Waals surface area contributed by atoms with Crippen LogP contribution in [0.1, 0.15) is 18.0 Å². The van der Waals surface area contributed by atoms with Crippen molar-refractivity contribution in [3.8, 4) is 5.75 Å². The van der Waals surface area contributed by atoms with Crippen LogP contribution in [-0.2, 0) is 4.79 Å². The number of carbonyl (C=O) groups is 1. The lowest BCUT2D eigenvalue weighted by atomic mass is 9.90. The van der Waals surface area contributed by atoms with Crippen molar-refractivity contribution in [2.45, 2.75) is 12.5 Å². The first-order chi connectivity index (χ1) is 12.7. The zero-order valence-corrected chi connectivity index (χ0v) is 15.3. The third-order valence-corrected chi connectivity index (χ3v) is 5.72. The van der Waals surface area contributed by atoms with E-state index < -0.39 is 0 Å². The molecule has 4 rings (SSSR count). The van der Waals surface area contributed by atoms with Crippen LogP contribution in [0.25, 0.3) is 0 Å². The van der Waals surface area contributed by atoms with E-state index in [1.165, 1.54) is 5.56 Å². The van der Waals surface area contributed by atoms with E-state index in [-0.39, 0.29) is 5.91 Å². The Morgan fingerprint density at radius 2 is 1.69 bits per heavy atom. The second kappa shape index (κ2) is 7.50. The Labute approximate surface area is 155 Å². The summed E-state index contributed by atoms with van der Waals surface area (Å²) in [5.74, 6) is 2.14. The van der Waals surface area contributed by atoms with Gasteiger partial charge in [-0.3, -0.25) is 9.69 Å². The fraction of sp³-hybridized carbons (Fsp3) is 0.409. The van der Waals surface area contributed by atoms with Gasteiger partial charge >= 0.3 is 0 Å². The second-order valence-corrected chi connectivity index (χ2v) is 7.43. The zero-order chi connectivity index (χ0) is 17.9. The van der Waals surface area contributed by atoms with Gasteiger partial charge in [-0.2, -0.15) is 0 Å². The molecule has 0 spiro atoms. The molecule has 2 saturated heterocycles. The number of para-hydroxylation sites is 1. The largest absolute Gasteiger partial charge is 0.493 e. The Morgan fingerprint density at radius 3 is 2.42 bits per heavy atom. The number of carbonyl (C=O) groups excluding carboxylic acids is 1. The van der Waals surface area contributed by atoms with Gasteiger partial charge in [-0.25, -0.2) is 0 Å². The van der Waals surface area contributed by atoms with Crippen molar-refractivity contribution in [1.82, 2.24) is 9.80 Å². The fourth-order valence-corrected chi connectivity index (χ4v) is 4.54. The van der Waals surface area contributed by atoms with Crippen LogP contribution in [-0.4, -0.2) is 49.0 Å². The average molecular weight is 350 g/mol. The van der Waals surface area contributed by atoms with Crippen molar-refractivity contribution in [3.05, 3.63) is 66.2 Å². The second-order valence-electron chi connectivity index (χ2n) is 7.43. The number of benzene rings is 2. The first kappa shape index (κ1) is 17.1. The van der Waals surface area contributed by atoms with Crippen molar-refractivity contribution in [1.29, 1.82) is 0 Å². The van der Waals surface area contributed by atoms with Gasteiger partial charge in [0.05, 0.1) is 13.0 Å². The van der Waals surface area contributed by atoms with Crippen molar-refractivity contribution in [2.24, 2.45) is 11.8 Å². The minimum absolute atomic E-state index is 0.213. The van der Waals surface area contributed by atoms with Gasteiger partial charge in [0.25, 0.3) is 0 Å². The monoisotopic (exact) mass is 350 g/mol. The number of fused-ring (bicyclic) bond motifs is 1. The number of rotatable bonds is 5. The number of amides is 1. The maximum absolute atomic E-state index is 12.6. The van der Waals surface area contributed by atoms with E-state index >= 15 is 0 Å². The van der Waals surface area contributed by atoms with E-state index in [0.29, 0.717) is 30.9 Å². The van der Waals surface area contributed by atoms with E-state index in [9.17, 15) is 4.79 Å². The lowest BCUT2D eigenvalue weighted by molar-refractivity contribution is -0.131. The van der Waals surface area contributed by atoms with Crippen LogP contribution in [0.5, 0.6) is 5.75 Å². The summed E-state index contributed by atoms with van der Waals surface area (Å²) in [6.45, 7) is 3.24. The molecule has 2 aliphatic rings. The molecular weight excluding hydrogens is 324 g/mol. The van der Waals surface area contributed by atoms with Crippen LogP contribution in [0.4, 0.5) is 0 Å². The van der Waals surface area contributed by atoms with Gasteiger partial charge in [-0.1, -0.05) is 48.5 Å². The van der Waals surface area contributed by atoms with Crippen molar-refractivity contribution < 1.29 is 9.53 Å². The van der Waals surface area contributed by atoms with Crippen LogP contribution < -0.4 is 4.74 Å². The normalized spacial score (nSPS) is 25.3. The van der Waals surface area contributed by atoms with Crippen LogP contribution >= 0.6 is 0 Å². The molecule has 0 aromatic heterocycles. The molecule has 4 nitrogen and oxygen atoms in total. The van der Waals surface area contributed by atoms with Crippen LogP contribution in [0.3, 0.4) is 0 Å². The van der Waals surface area contributed by atoms with Crippen LogP contribution in [0, 0.1) is 11.8 Å².